The van der Waals surface area contributed by atoms with Crippen molar-refractivity contribution in [3.05, 3.63) is 75.3 Å². The van der Waals surface area contributed by atoms with Crippen molar-refractivity contribution in [3.63, 3.8) is 0 Å². The molecule has 0 aliphatic heterocycles. The van der Waals surface area contributed by atoms with Crippen LogP contribution in [0.25, 0.3) is 6.08 Å². The van der Waals surface area contributed by atoms with Gasteiger partial charge in [-0.15, -0.1) is 11.3 Å². The zero-order valence-corrected chi connectivity index (χ0v) is 17.4. The predicted molar refractivity (Wildman–Crippen MR) is 118 cm³/mol. The molecule has 1 N–H and O–H groups in total. The van der Waals surface area contributed by atoms with Crippen LogP contribution in [0.2, 0.25) is 0 Å². The Labute approximate surface area is 174 Å². The summed E-state index contributed by atoms with van der Waals surface area (Å²) in [5, 5.41) is 5.18. The number of thiazole rings is 1. The van der Waals surface area contributed by atoms with E-state index in [-0.39, 0.29) is 11.8 Å². The molecule has 5 nitrogen and oxygen atoms in total. The highest BCUT2D eigenvalue weighted by atomic mass is 127. The van der Waals surface area contributed by atoms with Crippen molar-refractivity contribution in [1.29, 1.82) is 0 Å². The van der Waals surface area contributed by atoms with Gasteiger partial charge in [-0.25, -0.2) is 4.98 Å². The maximum Gasteiger partial charge on any atom is 0.248 e. The SMILES string of the molecule is CC(=O)N(c1ccccc1)c1nc(C=CC(=O)Nc2cccc(I)c2)cs1. The van der Waals surface area contributed by atoms with Gasteiger partial charge in [-0.05, 0) is 59.0 Å². The molecular formula is C20H16IN3O2S. The molecular weight excluding hydrogens is 473 g/mol. The summed E-state index contributed by atoms with van der Waals surface area (Å²) in [6.45, 7) is 1.50. The lowest BCUT2D eigenvalue weighted by Gasteiger charge is -2.17. The van der Waals surface area contributed by atoms with Gasteiger partial charge < -0.3 is 5.32 Å². The fourth-order valence-electron chi connectivity index (χ4n) is 2.37. The summed E-state index contributed by atoms with van der Waals surface area (Å²) >= 11 is 3.54. The number of nitrogens with zero attached hydrogens (tertiary/aromatic N) is 2. The van der Waals surface area contributed by atoms with Crippen LogP contribution in [0, 0.1) is 3.57 Å². The molecule has 136 valence electrons. The fourth-order valence-corrected chi connectivity index (χ4v) is 3.77. The lowest BCUT2D eigenvalue weighted by molar-refractivity contribution is -0.116. The quantitative estimate of drug-likeness (QED) is 0.402. The Kier molecular flexibility index (Phi) is 6.36. The number of amides is 2. The minimum Gasteiger partial charge on any atom is -0.322 e. The Morgan fingerprint density at radius 1 is 1.15 bits per heavy atom. The molecule has 1 heterocycles. The molecule has 0 radical (unpaired) electrons. The minimum atomic E-state index is -0.238. The average Bonchev–Trinajstić information content (AvgIpc) is 3.09. The number of benzene rings is 2. The maximum absolute atomic E-state index is 12.1. The Morgan fingerprint density at radius 2 is 1.93 bits per heavy atom. The van der Waals surface area contributed by atoms with Crippen molar-refractivity contribution in [2.75, 3.05) is 10.2 Å². The van der Waals surface area contributed by atoms with Gasteiger partial charge in [-0.1, -0.05) is 24.3 Å². The number of halogens is 1. The van der Waals surface area contributed by atoms with Gasteiger partial charge in [0.2, 0.25) is 11.8 Å². The van der Waals surface area contributed by atoms with Crippen molar-refractivity contribution in [2.45, 2.75) is 6.92 Å². The molecule has 0 aliphatic carbocycles. The molecule has 0 saturated carbocycles. The van der Waals surface area contributed by atoms with Gasteiger partial charge in [0, 0.05) is 27.6 Å². The molecule has 3 rings (SSSR count). The summed E-state index contributed by atoms with van der Waals surface area (Å²) in [6.07, 6.45) is 3.06. The van der Waals surface area contributed by atoms with Gasteiger partial charge in [-0.2, -0.15) is 0 Å². The van der Waals surface area contributed by atoms with Crippen LogP contribution in [0.5, 0.6) is 0 Å². The first-order valence-electron chi connectivity index (χ1n) is 8.09. The summed E-state index contributed by atoms with van der Waals surface area (Å²) in [5.74, 6) is -0.361. The second kappa shape index (κ2) is 8.92. The summed E-state index contributed by atoms with van der Waals surface area (Å²) in [4.78, 5) is 30.1. The third kappa shape index (κ3) is 5.24. The van der Waals surface area contributed by atoms with E-state index in [0.717, 1.165) is 14.9 Å². The van der Waals surface area contributed by atoms with Crippen LogP contribution >= 0.6 is 33.9 Å². The lowest BCUT2D eigenvalue weighted by Crippen LogP contribution is -2.22. The smallest absolute Gasteiger partial charge is 0.248 e. The first-order valence-corrected chi connectivity index (χ1v) is 10.0. The van der Waals surface area contributed by atoms with Crippen molar-refractivity contribution < 1.29 is 9.59 Å². The number of para-hydroxylation sites is 1. The van der Waals surface area contributed by atoms with Crippen LogP contribution in [-0.4, -0.2) is 16.8 Å². The van der Waals surface area contributed by atoms with E-state index < -0.39 is 0 Å². The highest BCUT2D eigenvalue weighted by Crippen LogP contribution is 2.29. The largest absolute Gasteiger partial charge is 0.322 e. The molecule has 7 heteroatoms. The van der Waals surface area contributed by atoms with Crippen molar-refractivity contribution in [3.8, 4) is 0 Å². The van der Waals surface area contributed by atoms with Gasteiger partial charge in [0.25, 0.3) is 0 Å². The zero-order chi connectivity index (χ0) is 19.2. The van der Waals surface area contributed by atoms with Crippen LogP contribution in [0.4, 0.5) is 16.5 Å². The molecule has 27 heavy (non-hydrogen) atoms. The highest BCUT2D eigenvalue weighted by Gasteiger charge is 2.17. The lowest BCUT2D eigenvalue weighted by atomic mass is 10.3. The number of carbonyl (C=O) groups is 2. The van der Waals surface area contributed by atoms with E-state index in [0.29, 0.717) is 10.8 Å². The van der Waals surface area contributed by atoms with Gasteiger partial charge in [0.15, 0.2) is 5.13 Å². The number of nitrogens with one attached hydrogen (secondary N) is 1. The number of aromatic nitrogens is 1. The molecule has 0 bridgehead atoms. The third-order valence-corrected chi connectivity index (χ3v) is 5.04. The first-order chi connectivity index (χ1) is 13.0. The Balaban J connectivity index is 1.72. The van der Waals surface area contributed by atoms with E-state index in [1.165, 1.54) is 24.3 Å². The van der Waals surface area contributed by atoms with Crippen molar-refractivity contribution in [1.82, 2.24) is 4.98 Å². The second-order valence-electron chi connectivity index (χ2n) is 5.58. The number of hydrogen-bond donors (Lipinski definition) is 1. The van der Waals surface area contributed by atoms with Crippen LogP contribution < -0.4 is 10.2 Å². The maximum atomic E-state index is 12.1. The van der Waals surface area contributed by atoms with Gasteiger partial charge >= 0.3 is 0 Å². The van der Waals surface area contributed by atoms with Crippen molar-refractivity contribution >= 4 is 68.3 Å². The third-order valence-electron chi connectivity index (χ3n) is 3.53. The van der Waals surface area contributed by atoms with Gasteiger partial charge in [0.05, 0.1) is 11.4 Å². The number of anilines is 3. The van der Waals surface area contributed by atoms with E-state index in [2.05, 4.69) is 32.9 Å². The van der Waals surface area contributed by atoms with Gasteiger partial charge in [0.1, 0.15) is 0 Å². The molecule has 2 amide bonds. The summed E-state index contributed by atoms with van der Waals surface area (Å²) in [5.41, 5.74) is 2.11. The molecule has 2 aromatic carbocycles. The Bertz CT molecular complexity index is 986. The second-order valence-corrected chi connectivity index (χ2v) is 7.66. The standard InChI is InChI=1S/C20H16IN3O2S/c1-14(25)24(18-8-3-2-4-9-18)20-23-17(13-27-20)10-11-19(26)22-16-7-5-6-15(21)12-16/h2-13H,1H3,(H,22,26). The van der Waals surface area contributed by atoms with Crippen LogP contribution in [0.3, 0.4) is 0 Å². The normalized spacial score (nSPS) is 10.7. The van der Waals surface area contributed by atoms with Crippen molar-refractivity contribution in [2.24, 2.45) is 0 Å². The molecule has 0 fully saturated rings. The van der Waals surface area contributed by atoms with E-state index >= 15 is 0 Å². The monoisotopic (exact) mass is 489 g/mol. The Hall–Kier alpha value is -2.52. The molecule has 3 aromatic rings. The molecule has 0 unspecified atom stereocenters. The average molecular weight is 489 g/mol. The van der Waals surface area contributed by atoms with E-state index in [1.807, 2.05) is 60.0 Å². The van der Waals surface area contributed by atoms with E-state index in [9.17, 15) is 9.59 Å². The molecule has 0 atom stereocenters. The summed E-state index contributed by atoms with van der Waals surface area (Å²) in [7, 11) is 0. The number of hydrogen-bond acceptors (Lipinski definition) is 4. The molecule has 0 spiro atoms. The fraction of sp³-hybridized carbons (Fsp3) is 0.0500. The zero-order valence-electron chi connectivity index (χ0n) is 14.4. The van der Waals surface area contributed by atoms with E-state index in [4.69, 9.17) is 0 Å². The van der Waals surface area contributed by atoms with Crippen LogP contribution in [0.1, 0.15) is 12.6 Å². The van der Waals surface area contributed by atoms with Crippen LogP contribution in [0.15, 0.2) is 66.1 Å². The predicted octanol–water partition coefficient (Wildman–Crippen LogP) is 5.08. The topological polar surface area (TPSA) is 62.3 Å². The molecule has 1 aromatic heterocycles. The highest BCUT2D eigenvalue weighted by molar-refractivity contribution is 14.1. The van der Waals surface area contributed by atoms with E-state index in [1.54, 1.807) is 11.0 Å². The Morgan fingerprint density at radius 3 is 2.63 bits per heavy atom. The number of rotatable bonds is 5. The number of carbonyl (C=O) groups excluding carboxylic acids is 2. The molecule has 0 aliphatic rings. The summed E-state index contributed by atoms with van der Waals surface area (Å²) in [6, 6.07) is 16.9. The summed E-state index contributed by atoms with van der Waals surface area (Å²) < 4.78 is 1.05. The first kappa shape index (κ1) is 19.2. The van der Waals surface area contributed by atoms with Gasteiger partial charge in [-0.3, -0.25) is 14.5 Å². The van der Waals surface area contributed by atoms with Crippen LogP contribution in [-0.2, 0) is 9.59 Å². The minimum absolute atomic E-state index is 0.123. The molecule has 0 saturated heterocycles.